The molecule has 0 radical (unpaired) electrons. The number of aryl methyl sites for hydroxylation is 1. The Morgan fingerprint density at radius 3 is 2.50 bits per heavy atom. The van der Waals surface area contributed by atoms with Crippen LogP contribution in [0.2, 0.25) is 0 Å². The molecule has 2 rings (SSSR count). The Hall–Kier alpha value is -1.09. The summed E-state index contributed by atoms with van der Waals surface area (Å²) in [6.07, 6.45) is 5.20. The molecule has 0 atom stereocenters. The van der Waals surface area contributed by atoms with Gasteiger partial charge in [-0.25, -0.2) is 4.98 Å². The zero-order valence-electron chi connectivity index (χ0n) is 13.7. The predicted molar refractivity (Wildman–Crippen MR) is 86.2 cm³/mol. The Morgan fingerprint density at radius 2 is 1.95 bits per heavy atom. The highest BCUT2D eigenvalue weighted by Gasteiger charge is 2.29. The number of hydrogen-bond donors (Lipinski definition) is 1. The monoisotopic (exact) mass is 275 g/mol. The van der Waals surface area contributed by atoms with Gasteiger partial charge in [0.1, 0.15) is 5.82 Å². The highest BCUT2D eigenvalue weighted by atomic mass is 15.2. The van der Waals surface area contributed by atoms with Crippen LogP contribution in [0.1, 0.15) is 50.8 Å². The molecule has 0 saturated heterocycles. The van der Waals surface area contributed by atoms with Crippen molar-refractivity contribution in [3.05, 3.63) is 23.4 Å². The molecule has 0 aliphatic heterocycles. The van der Waals surface area contributed by atoms with Crippen LogP contribution in [0.5, 0.6) is 0 Å². The number of nitrogens with one attached hydrogen (secondary N) is 1. The van der Waals surface area contributed by atoms with Gasteiger partial charge in [-0.15, -0.1) is 0 Å². The molecule has 1 aromatic rings. The van der Waals surface area contributed by atoms with Gasteiger partial charge in [0.05, 0.1) is 0 Å². The van der Waals surface area contributed by atoms with E-state index in [-0.39, 0.29) is 0 Å². The number of nitrogens with zero attached hydrogens (tertiary/aromatic N) is 2. The van der Waals surface area contributed by atoms with Crippen LogP contribution >= 0.6 is 0 Å². The second kappa shape index (κ2) is 6.13. The van der Waals surface area contributed by atoms with Crippen molar-refractivity contribution in [3.8, 4) is 0 Å². The van der Waals surface area contributed by atoms with Crippen LogP contribution in [0, 0.1) is 12.3 Å². The van der Waals surface area contributed by atoms with Gasteiger partial charge in [-0.05, 0) is 56.7 Å². The van der Waals surface area contributed by atoms with Gasteiger partial charge in [0.15, 0.2) is 0 Å². The summed E-state index contributed by atoms with van der Waals surface area (Å²) in [4.78, 5) is 7.17. The second-order valence-corrected chi connectivity index (χ2v) is 6.95. The van der Waals surface area contributed by atoms with E-state index in [1.54, 1.807) is 0 Å². The van der Waals surface area contributed by atoms with Crippen LogP contribution in [-0.4, -0.2) is 25.1 Å². The summed E-state index contributed by atoms with van der Waals surface area (Å²) in [6, 6.07) is 5.02. The number of pyridine rings is 1. The van der Waals surface area contributed by atoms with Crippen molar-refractivity contribution in [1.82, 2.24) is 10.3 Å². The average molecular weight is 275 g/mol. The lowest BCUT2D eigenvalue weighted by molar-refractivity contribution is 0.222. The predicted octanol–water partition coefficient (Wildman–Crippen LogP) is 3.51. The maximum absolute atomic E-state index is 4.79. The molecule has 0 unspecified atom stereocenters. The van der Waals surface area contributed by atoms with Crippen LogP contribution in [0.3, 0.4) is 0 Å². The third-order valence-corrected chi connectivity index (χ3v) is 4.77. The molecule has 0 spiro atoms. The Morgan fingerprint density at radius 1 is 1.30 bits per heavy atom. The zero-order chi connectivity index (χ0) is 14.8. The molecule has 1 aliphatic carbocycles. The van der Waals surface area contributed by atoms with Crippen molar-refractivity contribution in [1.29, 1.82) is 0 Å². The quantitative estimate of drug-likeness (QED) is 0.911. The molecule has 1 saturated carbocycles. The Kier molecular flexibility index (Phi) is 4.69. The molecule has 0 aromatic carbocycles. The molecule has 0 amide bonds. The lowest BCUT2D eigenvalue weighted by atomic mass is 9.75. The van der Waals surface area contributed by atoms with Crippen molar-refractivity contribution in [2.24, 2.45) is 5.41 Å². The molecular weight excluding hydrogens is 246 g/mol. The first-order chi connectivity index (χ1) is 9.43. The van der Waals surface area contributed by atoms with Gasteiger partial charge >= 0.3 is 0 Å². The average Bonchev–Trinajstić information content (AvgIpc) is 2.40. The van der Waals surface area contributed by atoms with E-state index in [1.807, 2.05) is 7.05 Å². The van der Waals surface area contributed by atoms with Crippen molar-refractivity contribution >= 4 is 5.82 Å². The zero-order valence-corrected chi connectivity index (χ0v) is 13.7. The van der Waals surface area contributed by atoms with Gasteiger partial charge < -0.3 is 10.2 Å². The lowest BCUT2D eigenvalue weighted by Crippen LogP contribution is -2.37. The Bertz CT molecular complexity index is 444. The minimum absolute atomic E-state index is 0.525. The summed E-state index contributed by atoms with van der Waals surface area (Å²) in [6.45, 7) is 7.77. The molecule has 112 valence electrons. The molecule has 3 nitrogen and oxygen atoms in total. The van der Waals surface area contributed by atoms with E-state index in [4.69, 9.17) is 4.98 Å². The Labute approximate surface area is 123 Å². The van der Waals surface area contributed by atoms with Crippen molar-refractivity contribution in [3.63, 3.8) is 0 Å². The summed E-state index contributed by atoms with van der Waals surface area (Å²) in [7, 11) is 4.17. The van der Waals surface area contributed by atoms with Crippen LogP contribution in [0.15, 0.2) is 12.1 Å². The van der Waals surface area contributed by atoms with Gasteiger partial charge in [-0.2, -0.15) is 0 Å². The third kappa shape index (κ3) is 3.51. The van der Waals surface area contributed by atoms with Crippen molar-refractivity contribution in [2.45, 2.75) is 59.0 Å². The number of rotatable bonds is 4. The van der Waals surface area contributed by atoms with E-state index in [1.165, 1.54) is 31.2 Å². The van der Waals surface area contributed by atoms with Crippen molar-refractivity contribution < 1.29 is 0 Å². The van der Waals surface area contributed by atoms with E-state index < -0.39 is 0 Å². The fourth-order valence-electron chi connectivity index (χ4n) is 3.11. The maximum atomic E-state index is 4.79. The second-order valence-electron chi connectivity index (χ2n) is 6.95. The Balaban J connectivity index is 2.06. The fourth-order valence-corrected chi connectivity index (χ4v) is 3.11. The minimum atomic E-state index is 0.525. The van der Waals surface area contributed by atoms with Crippen LogP contribution in [0.4, 0.5) is 5.82 Å². The number of hydrogen-bond acceptors (Lipinski definition) is 3. The van der Waals surface area contributed by atoms with Gasteiger partial charge in [0.25, 0.3) is 0 Å². The van der Waals surface area contributed by atoms with E-state index in [0.717, 1.165) is 18.1 Å². The van der Waals surface area contributed by atoms with Gasteiger partial charge in [0, 0.05) is 25.3 Å². The fraction of sp³-hybridized carbons (Fsp3) is 0.706. The lowest BCUT2D eigenvalue weighted by Gasteiger charge is -2.39. The SMILES string of the molecule is CNCc1ccc(N(C)C2CCC(C)(C)CC2)nc1C. The topological polar surface area (TPSA) is 28.2 Å². The molecule has 1 aliphatic rings. The summed E-state index contributed by atoms with van der Waals surface area (Å²) in [5.41, 5.74) is 2.95. The molecule has 0 bridgehead atoms. The van der Waals surface area contributed by atoms with E-state index in [0.29, 0.717) is 11.5 Å². The largest absolute Gasteiger partial charge is 0.357 e. The number of anilines is 1. The highest BCUT2D eigenvalue weighted by Crippen LogP contribution is 2.37. The molecule has 1 aromatic heterocycles. The molecule has 20 heavy (non-hydrogen) atoms. The van der Waals surface area contributed by atoms with E-state index in [9.17, 15) is 0 Å². The van der Waals surface area contributed by atoms with E-state index in [2.05, 4.69) is 50.2 Å². The van der Waals surface area contributed by atoms with Crippen LogP contribution in [-0.2, 0) is 6.54 Å². The minimum Gasteiger partial charge on any atom is -0.357 e. The third-order valence-electron chi connectivity index (χ3n) is 4.77. The summed E-state index contributed by atoms with van der Waals surface area (Å²) < 4.78 is 0. The van der Waals surface area contributed by atoms with Crippen LogP contribution < -0.4 is 10.2 Å². The van der Waals surface area contributed by atoms with Gasteiger partial charge in [-0.1, -0.05) is 19.9 Å². The highest BCUT2D eigenvalue weighted by molar-refractivity contribution is 5.42. The summed E-state index contributed by atoms with van der Waals surface area (Å²) in [5, 5.41) is 3.19. The molecule has 1 fully saturated rings. The summed E-state index contributed by atoms with van der Waals surface area (Å²) >= 11 is 0. The smallest absolute Gasteiger partial charge is 0.128 e. The van der Waals surface area contributed by atoms with E-state index >= 15 is 0 Å². The molecular formula is C17H29N3. The maximum Gasteiger partial charge on any atom is 0.128 e. The molecule has 3 heteroatoms. The molecule has 1 heterocycles. The summed E-state index contributed by atoms with van der Waals surface area (Å²) in [5.74, 6) is 1.12. The van der Waals surface area contributed by atoms with Gasteiger partial charge in [0.2, 0.25) is 0 Å². The first-order valence-corrected chi connectivity index (χ1v) is 7.77. The number of aromatic nitrogens is 1. The standard InChI is InChI=1S/C17H29N3/c1-13-14(12-18-4)6-7-16(19-13)20(5)15-8-10-17(2,3)11-9-15/h6-7,15,18H,8-12H2,1-5H3. The first-order valence-electron chi connectivity index (χ1n) is 7.77. The normalized spacial score (nSPS) is 19.1. The van der Waals surface area contributed by atoms with Crippen molar-refractivity contribution in [2.75, 3.05) is 19.0 Å². The molecule has 1 N–H and O–H groups in total. The van der Waals surface area contributed by atoms with Crippen LogP contribution in [0.25, 0.3) is 0 Å². The first kappa shape index (κ1) is 15.3. The van der Waals surface area contributed by atoms with Gasteiger partial charge in [-0.3, -0.25) is 0 Å².